The molecular weight excluding hydrogens is 462 g/mol. The summed E-state index contributed by atoms with van der Waals surface area (Å²) in [7, 11) is 0. The van der Waals surface area contributed by atoms with E-state index in [2.05, 4.69) is 22.8 Å². The summed E-state index contributed by atoms with van der Waals surface area (Å²) in [6, 6.07) is 28.7. The Labute approximate surface area is 218 Å². The smallest absolute Gasteiger partial charge is 0.264 e. The van der Waals surface area contributed by atoms with Crippen molar-refractivity contribution in [3.8, 4) is 0 Å². The predicted octanol–water partition coefficient (Wildman–Crippen LogP) is 3.54. The van der Waals surface area contributed by atoms with Gasteiger partial charge in [-0.1, -0.05) is 91.0 Å². The van der Waals surface area contributed by atoms with Gasteiger partial charge in [-0.2, -0.15) is 0 Å². The zero-order chi connectivity index (χ0) is 26.1. The monoisotopic (exact) mass is 497 g/mol. The summed E-state index contributed by atoms with van der Waals surface area (Å²) in [5.74, 6) is -0.228. The Balaban J connectivity index is 1.26. The first-order valence-electron chi connectivity index (χ1n) is 12.9. The molecule has 0 aliphatic carbocycles. The third-order valence-electron chi connectivity index (χ3n) is 6.82. The van der Waals surface area contributed by atoms with Gasteiger partial charge in [0.15, 0.2) is 11.5 Å². The summed E-state index contributed by atoms with van der Waals surface area (Å²) in [4.78, 5) is 27.6. The summed E-state index contributed by atoms with van der Waals surface area (Å²) in [5.41, 5.74) is 7.79. The molecule has 7 heteroatoms. The van der Waals surface area contributed by atoms with Gasteiger partial charge in [0.1, 0.15) is 0 Å². The van der Waals surface area contributed by atoms with Crippen molar-refractivity contribution in [3.63, 3.8) is 0 Å². The van der Waals surface area contributed by atoms with Gasteiger partial charge in [-0.3, -0.25) is 19.9 Å². The molecule has 2 amide bonds. The molecule has 3 aromatic carbocycles. The predicted molar refractivity (Wildman–Crippen MR) is 146 cm³/mol. The highest BCUT2D eigenvalue weighted by molar-refractivity contribution is 6.10. The summed E-state index contributed by atoms with van der Waals surface area (Å²) < 4.78 is 0. The molecular formula is C30H35N5O2. The molecule has 0 unspecified atom stereocenters. The van der Waals surface area contributed by atoms with Gasteiger partial charge < -0.3 is 16.4 Å². The molecule has 1 aliphatic rings. The minimum Gasteiger partial charge on any atom is -0.355 e. The Bertz CT molecular complexity index is 1140. The van der Waals surface area contributed by atoms with Gasteiger partial charge in [0.2, 0.25) is 5.91 Å². The molecule has 0 bridgehead atoms. The van der Waals surface area contributed by atoms with E-state index in [4.69, 9.17) is 11.1 Å². The van der Waals surface area contributed by atoms with Crippen LogP contribution < -0.4 is 16.4 Å². The van der Waals surface area contributed by atoms with Crippen LogP contribution in [0.3, 0.4) is 0 Å². The molecule has 192 valence electrons. The molecule has 1 heterocycles. The largest absolute Gasteiger partial charge is 0.355 e. The van der Waals surface area contributed by atoms with Crippen molar-refractivity contribution in [2.45, 2.75) is 43.7 Å². The lowest BCUT2D eigenvalue weighted by molar-refractivity contribution is -0.130. The molecule has 1 saturated heterocycles. The number of unbranched alkanes of at least 4 members (excludes halogenated alkanes) is 1. The molecule has 3 aromatic rings. The van der Waals surface area contributed by atoms with Crippen LogP contribution >= 0.6 is 0 Å². The van der Waals surface area contributed by atoms with Gasteiger partial charge in [0.05, 0.1) is 6.04 Å². The molecule has 5 N–H and O–H groups in total. The van der Waals surface area contributed by atoms with Crippen LogP contribution in [0.2, 0.25) is 0 Å². The molecule has 1 fully saturated rings. The fraction of sp³-hybridized carbons (Fsp3) is 0.300. The minimum atomic E-state index is -1.12. The Morgan fingerprint density at radius 2 is 1.46 bits per heavy atom. The Hall–Kier alpha value is -3.97. The van der Waals surface area contributed by atoms with E-state index in [-0.39, 0.29) is 17.8 Å². The Morgan fingerprint density at radius 3 is 2.05 bits per heavy atom. The van der Waals surface area contributed by atoms with E-state index in [1.807, 2.05) is 78.9 Å². The third kappa shape index (κ3) is 6.06. The second-order valence-electron chi connectivity index (χ2n) is 9.39. The highest BCUT2D eigenvalue weighted by Crippen LogP contribution is 2.35. The van der Waals surface area contributed by atoms with E-state index in [0.29, 0.717) is 32.4 Å². The first-order valence-corrected chi connectivity index (χ1v) is 12.9. The normalized spacial score (nSPS) is 15.3. The zero-order valence-corrected chi connectivity index (χ0v) is 21.0. The summed E-state index contributed by atoms with van der Waals surface area (Å²) in [5, 5.41) is 14.6. The fourth-order valence-corrected chi connectivity index (χ4v) is 4.79. The molecule has 1 atom stereocenters. The second-order valence-corrected chi connectivity index (χ2v) is 9.39. The standard InChI is InChI=1S/C30H35N5O2/c31-26(20-12-15-23-13-4-1-5-14-23)27(36)33-21-10-11-22-35-28(37)30(34-29(35)32,24-16-6-2-7-17-24)25-18-8-3-9-19-25/h1-9,13-14,16-19,26H,10-12,15,20-22,31H2,(H2,32,34)(H,33,36)/t26-/m0/s1. The van der Waals surface area contributed by atoms with E-state index in [1.165, 1.54) is 10.5 Å². The van der Waals surface area contributed by atoms with Crippen molar-refractivity contribution in [1.29, 1.82) is 5.41 Å². The summed E-state index contributed by atoms with van der Waals surface area (Å²) in [6.45, 7) is 0.877. The van der Waals surface area contributed by atoms with Crippen molar-refractivity contribution >= 4 is 17.8 Å². The molecule has 0 aromatic heterocycles. The number of rotatable bonds is 12. The van der Waals surface area contributed by atoms with Gasteiger partial charge in [0, 0.05) is 13.1 Å². The molecule has 0 saturated carbocycles. The van der Waals surface area contributed by atoms with Crippen molar-refractivity contribution in [3.05, 3.63) is 108 Å². The third-order valence-corrected chi connectivity index (χ3v) is 6.82. The van der Waals surface area contributed by atoms with Gasteiger partial charge in [0.25, 0.3) is 5.91 Å². The molecule has 4 rings (SSSR count). The number of benzene rings is 3. The SMILES string of the molecule is N=C1NC(c2ccccc2)(c2ccccc2)C(=O)N1CCCCNC(=O)[C@@H](N)CCCc1ccccc1. The van der Waals surface area contributed by atoms with Crippen molar-refractivity contribution < 1.29 is 9.59 Å². The molecule has 37 heavy (non-hydrogen) atoms. The number of guanidine groups is 1. The minimum absolute atomic E-state index is 0.0854. The van der Waals surface area contributed by atoms with E-state index >= 15 is 0 Å². The average Bonchev–Trinajstić information content (AvgIpc) is 3.20. The van der Waals surface area contributed by atoms with Gasteiger partial charge >= 0.3 is 0 Å². The first kappa shape index (κ1) is 26.1. The number of nitrogens with zero attached hydrogens (tertiary/aromatic N) is 1. The van der Waals surface area contributed by atoms with Crippen molar-refractivity contribution in [2.75, 3.05) is 13.1 Å². The topological polar surface area (TPSA) is 111 Å². The maximum Gasteiger partial charge on any atom is 0.264 e. The quantitative estimate of drug-likeness (QED) is 0.287. The first-order chi connectivity index (χ1) is 18.0. The number of nitrogens with one attached hydrogen (secondary N) is 3. The van der Waals surface area contributed by atoms with E-state index < -0.39 is 11.6 Å². The Morgan fingerprint density at radius 1 is 0.892 bits per heavy atom. The Kier molecular flexibility index (Phi) is 8.69. The van der Waals surface area contributed by atoms with Crippen LogP contribution in [0.1, 0.15) is 42.4 Å². The van der Waals surface area contributed by atoms with E-state index in [1.54, 1.807) is 0 Å². The van der Waals surface area contributed by atoms with Crippen molar-refractivity contribution in [1.82, 2.24) is 15.5 Å². The lowest BCUT2D eigenvalue weighted by atomic mass is 9.82. The van der Waals surface area contributed by atoms with Gasteiger partial charge in [-0.15, -0.1) is 0 Å². The number of nitrogens with two attached hydrogens (primary N) is 1. The van der Waals surface area contributed by atoms with Crippen LogP contribution in [-0.2, 0) is 21.5 Å². The summed E-state index contributed by atoms with van der Waals surface area (Å²) >= 11 is 0. The highest BCUT2D eigenvalue weighted by atomic mass is 16.2. The number of hydrogen-bond donors (Lipinski definition) is 4. The van der Waals surface area contributed by atoms with Gasteiger partial charge in [-0.25, -0.2) is 0 Å². The maximum absolute atomic E-state index is 13.7. The second kappa shape index (κ2) is 12.3. The van der Waals surface area contributed by atoms with E-state index in [0.717, 1.165) is 24.0 Å². The molecule has 7 nitrogen and oxygen atoms in total. The lowest BCUT2D eigenvalue weighted by Gasteiger charge is -2.28. The molecule has 1 aliphatic heterocycles. The fourth-order valence-electron chi connectivity index (χ4n) is 4.79. The van der Waals surface area contributed by atoms with Crippen LogP contribution in [0, 0.1) is 5.41 Å². The van der Waals surface area contributed by atoms with Gasteiger partial charge in [-0.05, 0) is 48.8 Å². The van der Waals surface area contributed by atoms with Crippen LogP contribution in [-0.4, -0.2) is 41.8 Å². The van der Waals surface area contributed by atoms with E-state index in [9.17, 15) is 9.59 Å². The van der Waals surface area contributed by atoms with Crippen LogP contribution in [0.15, 0.2) is 91.0 Å². The highest BCUT2D eigenvalue weighted by Gasteiger charge is 2.51. The van der Waals surface area contributed by atoms with Crippen molar-refractivity contribution in [2.24, 2.45) is 5.73 Å². The number of hydrogen-bond acceptors (Lipinski definition) is 4. The number of carbonyl (C=O) groups is 2. The number of amides is 2. The average molecular weight is 498 g/mol. The summed E-state index contributed by atoms with van der Waals surface area (Å²) in [6.07, 6.45) is 3.73. The number of aryl methyl sites for hydroxylation is 1. The number of carbonyl (C=O) groups excluding carboxylic acids is 2. The van der Waals surface area contributed by atoms with Crippen LogP contribution in [0.25, 0.3) is 0 Å². The maximum atomic E-state index is 13.7. The molecule has 0 radical (unpaired) electrons. The lowest BCUT2D eigenvalue weighted by Crippen LogP contribution is -2.45. The van der Waals surface area contributed by atoms with Crippen LogP contribution in [0.5, 0.6) is 0 Å². The van der Waals surface area contributed by atoms with Crippen LogP contribution in [0.4, 0.5) is 0 Å². The zero-order valence-electron chi connectivity index (χ0n) is 21.0. The molecule has 0 spiro atoms.